The minimum Gasteiger partial charge on any atom is -0.479 e. The van der Waals surface area contributed by atoms with Gasteiger partial charge in [-0.2, -0.15) is 0 Å². The Labute approximate surface area is 138 Å². The molecule has 0 bridgehead atoms. The molecule has 1 heterocycles. The van der Waals surface area contributed by atoms with E-state index in [-0.39, 0.29) is 19.1 Å². The number of carbonyl (C=O) groups excluding carboxylic acids is 1. The van der Waals surface area contributed by atoms with Gasteiger partial charge in [0.25, 0.3) is 5.91 Å². The van der Waals surface area contributed by atoms with Crippen LogP contribution in [0, 0.1) is 18.8 Å². The van der Waals surface area contributed by atoms with Crippen molar-refractivity contribution in [2.24, 2.45) is 0 Å². The Morgan fingerprint density at radius 3 is 2.82 bits per heavy atom. The van der Waals surface area contributed by atoms with Gasteiger partial charge in [0, 0.05) is 10.2 Å². The smallest absolute Gasteiger partial charge is 0.253 e. The van der Waals surface area contributed by atoms with Crippen molar-refractivity contribution in [3.63, 3.8) is 0 Å². The molecule has 112 valence electrons. The Hall–Kier alpha value is -2.32. The normalized spacial score (nSPS) is 9.55. The summed E-state index contributed by atoms with van der Waals surface area (Å²) in [5.74, 6) is 6.20. The number of aryl methyl sites for hydroxylation is 1. The number of aromatic nitrogens is 1. The molecule has 0 fully saturated rings. The van der Waals surface area contributed by atoms with Crippen LogP contribution in [0.15, 0.2) is 47.1 Å². The summed E-state index contributed by atoms with van der Waals surface area (Å²) in [7, 11) is 0. The molecule has 22 heavy (non-hydrogen) atoms. The number of carbonyl (C=O) groups is 1. The Morgan fingerprint density at radius 1 is 1.27 bits per heavy atom. The second kappa shape index (κ2) is 8.20. The van der Waals surface area contributed by atoms with Gasteiger partial charge in [0.15, 0.2) is 0 Å². The van der Waals surface area contributed by atoms with Gasteiger partial charge in [-0.15, -0.1) is 0 Å². The first-order chi connectivity index (χ1) is 10.7. The number of nitrogens with one attached hydrogen (secondary N) is 1. The minimum absolute atomic E-state index is 0.162. The molecule has 4 nitrogen and oxygen atoms in total. The fourth-order valence-corrected chi connectivity index (χ4v) is 2.10. The number of halogens is 1. The molecule has 0 saturated carbocycles. The number of ether oxygens (including phenoxy) is 1. The molecular formula is C17H15BrN2O2. The molecule has 2 rings (SSSR count). The lowest BCUT2D eigenvalue weighted by molar-refractivity contribution is 0.0958. The van der Waals surface area contributed by atoms with E-state index in [4.69, 9.17) is 4.74 Å². The average molecular weight is 359 g/mol. The number of rotatable bonds is 4. The Bertz CT molecular complexity index is 703. The second-order valence-corrected chi connectivity index (χ2v) is 5.29. The Morgan fingerprint density at radius 2 is 2.09 bits per heavy atom. The first kappa shape index (κ1) is 16.1. The lowest BCUT2D eigenvalue weighted by Crippen LogP contribution is -2.23. The van der Waals surface area contributed by atoms with Crippen molar-refractivity contribution in [1.82, 2.24) is 10.3 Å². The molecule has 1 N–H and O–H groups in total. The van der Waals surface area contributed by atoms with E-state index in [1.807, 2.05) is 37.3 Å². The summed E-state index contributed by atoms with van der Waals surface area (Å²) in [6.45, 7) is 2.45. The van der Waals surface area contributed by atoms with E-state index in [1.165, 1.54) is 0 Å². The summed E-state index contributed by atoms with van der Waals surface area (Å²) in [5, 5.41) is 2.74. The van der Waals surface area contributed by atoms with Crippen LogP contribution < -0.4 is 10.1 Å². The summed E-state index contributed by atoms with van der Waals surface area (Å²) in [5.41, 5.74) is 1.53. The van der Waals surface area contributed by atoms with Gasteiger partial charge in [0.05, 0.1) is 18.3 Å². The Balaban J connectivity index is 1.74. The molecule has 0 unspecified atom stereocenters. The molecule has 0 aliphatic rings. The highest BCUT2D eigenvalue weighted by Gasteiger charge is 2.06. The number of benzene rings is 1. The number of nitrogens with zero attached hydrogens (tertiary/aromatic N) is 1. The summed E-state index contributed by atoms with van der Waals surface area (Å²) in [4.78, 5) is 16.0. The van der Waals surface area contributed by atoms with Crippen LogP contribution in [0.2, 0.25) is 0 Å². The van der Waals surface area contributed by atoms with Gasteiger partial charge in [-0.1, -0.05) is 24.0 Å². The van der Waals surface area contributed by atoms with E-state index in [0.29, 0.717) is 11.3 Å². The molecule has 1 aromatic carbocycles. The van der Waals surface area contributed by atoms with Crippen molar-refractivity contribution in [1.29, 1.82) is 0 Å². The zero-order valence-electron chi connectivity index (χ0n) is 12.1. The monoisotopic (exact) mass is 358 g/mol. The third-order valence-corrected chi connectivity index (χ3v) is 3.47. The summed E-state index contributed by atoms with van der Waals surface area (Å²) in [6.07, 6.45) is 1.66. The molecule has 0 aliphatic carbocycles. The fraction of sp³-hybridized carbons (Fsp3) is 0.176. The molecule has 0 radical (unpaired) electrons. The molecule has 0 atom stereocenters. The SMILES string of the molecule is Cc1ccc(OCC#CCNC(=O)c2ccccc2Br)cn1. The molecule has 1 aromatic heterocycles. The second-order valence-electron chi connectivity index (χ2n) is 4.44. The van der Waals surface area contributed by atoms with E-state index in [2.05, 4.69) is 38.1 Å². The van der Waals surface area contributed by atoms with Crippen LogP contribution in [0.4, 0.5) is 0 Å². The van der Waals surface area contributed by atoms with E-state index in [9.17, 15) is 4.79 Å². The maximum atomic E-state index is 11.9. The number of amides is 1. The van der Waals surface area contributed by atoms with Crippen LogP contribution >= 0.6 is 15.9 Å². The summed E-state index contributed by atoms with van der Waals surface area (Å²) in [6, 6.07) is 11.0. The summed E-state index contributed by atoms with van der Waals surface area (Å²) < 4.78 is 6.18. The van der Waals surface area contributed by atoms with E-state index in [0.717, 1.165) is 10.2 Å². The molecule has 1 amide bonds. The van der Waals surface area contributed by atoms with Gasteiger partial charge in [-0.3, -0.25) is 9.78 Å². The zero-order valence-corrected chi connectivity index (χ0v) is 13.7. The average Bonchev–Trinajstić information content (AvgIpc) is 2.52. The molecule has 0 spiro atoms. The first-order valence-electron chi connectivity index (χ1n) is 6.71. The minimum atomic E-state index is -0.162. The number of hydrogen-bond acceptors (Lipinski definition) is 3. The maximum Gasteiger partial charge on any atom is 0.253 e. The maximum absolute atomic E-state index is 11.9. The molecule has 5 heteroatoms. The Kier molecular flexibility index (Phi) is 5.99. The van der Waals surface area contributed by atoms with Crippen molar-refractivity contribution in [2.45, 2.75) is 6.92 Å². The van der Waals surface area contributed by atoms with Gasteiger partial charge in [-0.25, -0.2) is 0 Å². The highest BCUT2D eigenvalue weighted by Crippen LogP contribution is 2.15. The van der Waals surface area contributed by atoms with Crippen molar-refractivity contribution in [2.75, 3.05) is 13.2 Å². The van der Waals surface area contributed by atoms with Crippen molar-refractivity contribution < 1.29 is 9.53 Å². The van der Waals surface area contributed by atoms with E-state index >= 15 is 0 Å². The third-order valence-electron chi connectivity index (χ3n) is 2.78. The van der Waals surface area contributed by atoms with Crippen molar-refractivity contribution in [3.05, 3.63) is 58.3 Å². The third kappa shape index (κ3) is 4.90. The molecular weight excluding hydrogens is 344 g/mol. The van der Waals surface area contributed by atoms with Crippen LogP contribution in [0.1, 0.15) is 16.1 Å². The number of pyridine rings is 1. The lowest BCUT2D eigenvalue weighted by Gasteiger charge is -2.03. The highest BCUT2D eigenvalue weighted by atomic mass is 79.9. The van der Waals surface area contributed by atoms with E-state index in [1.54, 1.807) is 12.3 Å². The van der Waals surface area contributed by atoms with E-state index < -0.39 is 0 Å². The fourth-order valence-electron chi connectivity index (χ4n) is 1.64. The van der Waals surface area contributed by atoms with Gasteiger partial charge < -0.3 is 10.1 Å². The first-order valence-corrected chi connectivity index (χ1v) is 7.50. The quantitative estimate of drug-likeness (QED) is 0.854. The topological polar surface area (TPSA) is 51.2 Å². The number of hydrogen-bond donors (Lipinski definition) is 1. The molecule has 0 saturated heterocycles. The molecule has 0 aliphatic heterocycles. The van der Waals surface area contributed by atoms with Crippen LogP contribution in [-0.2, 0) is 0 Å². The predicted octanol–water partition coefficient (Wildman–Crippen LogP) is 2.96. The standard InChI is InChI=1S/C17H15BrN2O2/c1-13-8-9-14(12-20-13)22-11-5-4-10-19-17(21)15-6-2-3-7-16(15)18/h2-3,6-9,12H,10-11H2,1H3,(H,19,21). The van der Waals surface area contributed by atoms with Crippen LogP contribution in [0.25, 0.3) is 0 Å². The zero-order chi connectivity index (χ0) is 15.8. The van der Waals surface area contributed by atoms with Crippen molar-refractivity contribution >= 4 is 21.8 Å². The van der Waals surface area contributed by atoms with Crippen LogP contribution in [0.5, 0.6) is 5.75 Å². The highest BCUT2D eigenvalue weighted by molar-refractivity contribution is 9.10. The largest absolute Gasteiger partial charge is 0.479 e. The van der Waals surface area contributed by atoms with Gasteiger partial charge in [0.1, 0.15) is 12.4 Å². The van der Waals surface area contributed by atoms with Gasteiger partial charge in [0.2, 0.25) is 0 Å². The van der Waals surface area contributed by atoms with Gasteiger partial charge in [-0.05, 0) is 47.1 Å². The summed E-state index contributed by atoms with van der Waals surface area (Å²) >= 11 is 3.34. The van der Waals surface area contributed by atoms with Crippen LogP contribution in [0.3, 0.4) is 0 Å². The lowest BCUT2D eigenvalue weighted by atomic mass is 10.2. The van der Waals surface area contributed by atoms with Gasteiger partial charge >= 0.3 is 0 Å². The predicted molar refractivity (Wildman–Crippen MR) is 88.7 cm³/mol. The van der Waals surface area contributed by atoms with Crippen molar-refractivity contribution in [3.8, 4) is 17.6 Å². The molecule has 2 aromatic rings. The van der Waals surface area contributed by atoms with Crippen LogP contribution in [-0.4, -0.2) is 24.0 Å².